The maximum Gasteiger partial charge on any atom is 0.261 e. The number of carbonyl (C=O) groups excluding carboxylic acids is 1. The van der Waals surface area contributed by atoms with E-state index in [1.807, 2.05) is 31.2 Å². The molecule has 26 heavy (non-hydrogen) atoms. The van der Waals surface area contributed by atoms with Crippen LogP contribution in [0.5, 0.6) is 0 Å². The van der Waals surface area contributed by atoms with Crippen LogP contribution in [0, 0.1) is 6.92 Å². The molecule has 5 nitrogen and oxygen atoms in total. The Morgan fingerprint density at radius 2 is 1.88 bits per heavy atom. The minimum Gasteiger partial charge on any atom is -0.353 e. The summed E-state index contributed by atoms with van der Waals surface area (Å²) in [5.41, 5.74) is 3.01. The lowest BCUT2D eigenvalue weighted by molar-refractivity contribution is -0.121. The summed E-state index contributed by atoms with van der Waals surface area (Å²) in [5.74, 6) is -0.0638. The monoisotopic (exact) mass is 349 g/mol. The Morgan fingerprint density at radius 3 is 2.69 bits per heavy atom. The summed E-state index contributed by atoms with van der Waals surface area (Å²) in [4.78, 5) is 28.9. The first-order valence-electron chi connectivity index (χ1n) is 8.82. The number of amides is 1. The predicted octanol–water partition coefficient (Wildman–Crippen LogP) is 2.84. The van der Waals surface area contributed by atoms with E-state index >= 15 is 0 Å². The SMILES string of the molecule is Cc1ccccc1C[C@@H](C)NC(=O)CCn1cnc2ccccc2c1=O. The Hall–Kier alpha value is -2.95. The van der Waals surface area contributed by atoms with Crippen molar-refractivity contribution in [3.05, 3.63) is 76.3 Å². The molecule has 0 unspecified atom stereocenters. The van der Waals surface area contributed by atoms with Crippen molar-refractivity contribution in [1.29, 1.82) is 0 Å². The standard InChI is InChI=1S/C21H23N3O2/c1-15-7-3-4-8-17(15)13-16(2)23-20(25)11-12-24-14-22-19-10-6-5-9-18(19)21(24)26/h3-10,14,16H,11-13H2,1-2H3,(H,23,25)/t16-/m1/s1. The third kappa shape index (κ3) is 4.17. The highest BCUT2D eigenvalue weighted by molar-refractivity contribution is 5.77. The quantitative estimate of drug-likeness (QED) is 0.744. The summed E-state index contributed by atoms with van der Waals surface area (Å²) in [6, 6.07) is 15.4. The van der Waals surface area contributed by atoms with Gasteiger partial charge in [-0.2, -0.15) is 0 Å². The fourth-order valence-electron chi connectivity index (χ4n) is 3.05. The molecule has 5 heteroatoms. The number of para-hydroxylation sites is 1. The van der Waals surface area contributed by atoms with Crippen LogP contribution in [-0.4, -0.2) is 21.5 Å². The molecule has 134 valence electrons. The molecule has 1 atom stereocenters. The Balaban J connectivity index is 1.58. The number of hydrogen-bond acceptors (Lipinski definition) is 3. The van der Waals surface area contributed by atoms with E-state index in [4.69, 9.17) is 0 Å². The highest BCUT2D eigenvalue weighted by Gasteiger charge is 2.10. The van der Waals surface area contributed by atoms with Crippen LogP contribution in [-0.2, 0) is 17.8 Å². The Kier molecular flexibility index (Phi) is 5.46. The van der Waals surface area contributed by atoms with Crippen molar-refractivity contribution in [3.63, 3.8) is 0 Å². The van der Waals surface area contributed by atoms with E-state index in [0.29, 0.717) is 17.4 Å². The average molecular weight is 349 g/mol. The molecule has 0 radical (unpaired) electrons. The molecule has 0 saturated heterocycles. The normalized spacial score (nSPS) is 12.1. The Morgan fingerprint density at radius 1 is 1.15 bits per heavy atom. The summed E-state index contributed by atoms with van der Waals surface area (Å²) in [6.45, 7) is 4.39. The van der Waals surface area contributed by atoms with E-state index in [0.717, 1.165) is 6.42 Å². The van der Waals surface area contributed by atoms with Crippen molar-refractivity contribution >= 4 is 16.8 Å². The number of nitrogens with one attached hydrogen (secondary N) is 1. The lowest BCUT2D eigenvalue weighted by atomic mass is 10.0. The molecular formula is C21H23N3O2. The molecule has 0 saturated carbocycles. The second kappa shape index (κ2) is 7.95. The van der Waals surface area contributed by atoms with Crippen molar-refractivity contribution in [2.75, 3.05) is 0 Å². The molecule has 0 spiro atoms. The molecule has 0 fully saturated rings. The van der Waals surface area contributed by atoms with Gasteiger partial charge >= 0.3 is 0 Å². The lowest BCUT2D eigenvalue weighted by Gasteiger charge is -2.15. The molecule has 1 aromatic heterocycles. The Bertz CT molecular complexity index is 978. The number of aryl methyl sites for hydroxylation is 2. The lowest BCUT2D eigenvalue weighted by Crippen LogP contribution is -2.35. The first-order valence-corrected chi connectivity index (χ1v) is 8.82. The highest BCUT2D eigenvalue weighted by atomic mass is 16.2. The number of benzene rings is 2. The van der Waals surface area contributed by atoms with Crippen LogP contribution in [0.4, 0.5) is 0 Å². The zero-order chi connectivity index (χ0) is 18.5. The van der Waals surface area contributed by atoms with Crippen LogP contribution in [0.2, 0.25) is 0 Å². The average Bonchev–Trinajstić information content (AvgIpc) is 2.63. The van der Waals surface area contributed by atoms with E-state index in [1.165, 1.54) is 22.0 Å². The number of carbonyl (C=O) groups is 1. The maximum absolute atomic E-state index is 12.4. The van der Waals surface area contributed by atoms with Crippen molar-refractivity contribution < 1.29 is 4.79 Å². The van der Waals surface area contributed by atoms with Crippen LogP contribution < -0.4 is 10.9 Å². The minimum absolute atomic E-state index is 0.0371. The van der Waals surface area contributed by atoms with E-state index in [1.54, 1.807) is 12.1 Å². The highest BCUT2D eigenvalue weighted by Crippen LogP contribution is 2.10. The van der Waals surface area contributed by atoms with Gasteiger partial charge in [-0.1, -0.05) is 36.4 Å². The summed E-state index contributed by atoms with van der Waals surface area (Å²) < 4.78 is 1.49. The molecule has 3 rings (SSSR count). The fourth-order valence-corrected chi connectivity index (χ4v) is 3.05. The fraction of sp³-hybridized carbons (Fsp3) is 0.286. The zero-order valence-electron chi connectivity index (χ0n) is 15.1. The largest absolute Gasteiger partial charge is 0.353 e. The molecule has 1 heterocycles. The van der Waals surface area contributed by atoms with Gasteiger partial charge in [0.25, 0.3) is 5.56 Å². The molecule has 2 aromatic carbocycles. The molecule has 0 bridgehead atoms. The topological polar surface area (TPSA) is 64.0 Å². The summed E-state index contributed by atoms with van der Waals surface area (Å²) in [6.07, 6.45) is 2.54. The van der Waals surface area contributed by atoms with Crippen molar-refractivity contribution in [2.45, 2.75) is 39.3 Å². The number of fused-ring (bicyclic) bond motifs is 1. The number of hydrogen-bond donors (Lipinski definition) is 1. The molecule has 0 aliphatic heterocycles. The van der Waals surface area contributed by atoms with Crippen molar-refractivity contribution in [1.82, 2.24) is 14.9 Å². The van der Waals surface area contributed by atoms with Gasteiger partial charge in [-0.15, -0.1) is 0 Å². The number of nitrogens with zero attached hydrogens (tertiary/aromatic N) is 2. The van der Waals surface area contributed by atoms with Crippen molar-refractivity contribution in [3.8, 4) is 0 Å². The molecule has 0 aliphatic rings. The number of aromatic nitrogens is 2. The molecule has 1 amide bonds. The van der Waals surface area contributed by atoms with Crippen LogP contribution in [0.3, 0.4) is 0 Å². The second-order valence-corrected chi connectivity index (χ2v) is 6.61. The van der Waals surface area contributed by atoms with E-state index < -0.39 is 0 Å². The van der Waals surface area contributed by atoms with Gasteiger partial charge in [0.1, 0.15) is 0 Å². The van der Waals surface area contributed by atoms with Gasteiger partial charge in [0.2, 0.25) is 5.91 Å². The summed E-state index contributed by atoms with van der Waals surface area (Å²) >= 11 is 0. The third-order valence-electron chi connectivity index (χ3n) is 4.51. The predicted molar refractivity (Wildman–Crippen MR) is 103 cm³/mol. The van der Waals surface area contributed by atoms with Crippen LogP contribution in [0.15, 0.2) is 59.7 Å². The van der Waals surface area contributed by atoms with Crippen LogP contribution >= 0.6 is 0 Å². The van der Waals surface area contributed by atoms with Gasteiger partial charge in [0, 0.05) is 19.0 Å². The molecule has 0 aliphatic carbocycles. The van der Waals surface area contributed by atoms with E-state index in [2.05, 4.69) is 29.4 Å². The van der Waals surface area contributed by atoms with Gasteiger partial charge in [-0.3, -0.25) is 14.2 Å². The van der Waals surface area contributed by atoms with Crippen LogP contribution in [0.25, 0.3) is 10.9 Å². The summed E-state index contributed by atoms with van der Waals surface area (Å²) in [7, 11) is 0. The minimum atomic E-state index is -0.114. The first-order chi connectivity index (χ1) is 12.5. The smallest absolute Gasteiger partial charge is 0.261 e. The van der Waals surface area contributed by atoms with Crippen molar-refractivity contribution in [2.24, 2.45) is 0 Å². The van der Waals surface area contributed by atoms with E-state index in [-0.39, 0.29) is 23.9 Å². The third-order valence-corrected chi connectivity index (χ3v) is 4.51. The maximum atomic E-state index is 12.4. The van der Waals surface area contributed by atoms with Gasteiger partial charge < -0.3 is 5.32 Å². The van der Waals surface area contributed by atoms with Gasteiger partial charge in [0.15, 0.2) is 0 Å². The van der Waals surface area contributed by atoms with Gasteiger partial charge in [-0.05, 0) is 43.5 Å². The first kappa shape index (κ1) is 17.9. The summed E-state index contributed by atoms with van der Waals surface area (Å²) in [5, 5.41) is 3.58. The second-order valence-electron chi connectivity index (χ2n) is 6.61. The Labute approximate surface area is 152 Å². The number of rotatable bonds is 6. The van der Waals surface area contributed by atoms with Gasteiger partial charge in [0.05, 0.1) is 17.2 Å². The zero-order valence-corrected chi connectivity index (χ0v) is 15.1. The van der Waals surface area contributed by atoms with Gasteiger partial charge in [-0.25, -0.2) is 4.98 Å². The van der Waals surface area contributed by atoms with Crippen LogP contribution in [0.1, 0.15) is 24.5 Å². The molecule has 1 N–H and O–H groups in total. The molecular weight excluding hydrogens is 326 g/mol. The molecule has 3 aromatic rings. The van der Waals surface area contributed by atoms with E-state index in [9.17, 15) is 9.59 Å².